The highest BCUT2D eigenvalue weighted by atomic mass is 16.5. The van der Waals surface area contributed by atoms with E-state index in [-0.39, 0.29) is 11.9 Å². The molecule has 1 N–H and O–H groups in total. The van der Waals surface area contributed by atoms with E-state index in [1.54, 1.807) is 12.4 Å². The van der Waals surface area contributed by atoms with Crippen LogP contribution in [0.25, 0.3) is 22.0 Å². The standard InChI is InChI=1S/C22H24N4O2/c1-13(2)28-14-5-6-16-18(11-14)25-22(24-9-10-26(3)4)20-19(16)15-7-8-23-12-17(15)21(20)27/h5-8,11-13H,9-10H2,1-4H3,(H,24,25). The highest BCUT2D eigenvalue weighted by Crippen LogP contribution is 2.44. The van der Waals surface area contributed by atoms with E-state index >= 15 is 0 Å². The van der Waals surface area contributed by atoms with Gasteiger partial charge in [-0.1, -0.05) is 0 Å². The largest absolute Gasteiger partial charge is 0.491 e. The summed E-state index contributed by atoms with van der Waals surface area (Å²) in [6, 6.07) is 7.77. The molecule has 0 spiro atoms. The van der Waals surface area contributed by atoms with Gasteiger partial charge in [0.25, 0.3) is 0 Å². The van der Waals surface area contributed by atoms with Gasteiger partial charge in [-0.05, 0) is 51.7 Å². The molecule has 2 aromatic heterocycles. The van der Waals surface area contributed by atoms with Gasteiger partial charge in [0, 0.05) is 48.1 Å². The van der Waals surface area contributed by atoms with Crippen LogP contribution in [0, 0.1) is 0 Å². The molecule has 0 atom stereocenters. The van der Waals surface area contributed by atoms with E-state index in [0.29, 0.717) is 23.5 Å². The zero-order valence-electron chi connectivity index (χ0n) is 16.6. The van der Waals surface area contributed by atoms with Gasteiger partial charge in [-0.3, -0.25) is 9.78 Å². The van der Waals surface area contributed by atoms with Gasteiger partial charge < -0.3 is 15.0 Å². The Hall–Kier alpha value is -2.99. The lowest BCUT2D eigenvalue weighted by atomic mass is 10.0. The van der Waals surface area contributed by atoms with E-state index in [1.807, 2.05) is 52.2 Å². The second-order valence-electron chi connectivity index (χ2n) is 7.54. The first-order valence-electron chi connectivity index (χ1n) is 9.48. The van der Waals surface area contributed by atoms with Gasteiger partial charge in [0.1, 0.15) is 11.6 Å². The van der Waals surface area contributed by atoms with E-state index in [1.165, 1.54) is 0 Å². The Balaban J connectivity index is 1.90. The molecule has 0 amide bonds. The molecule has 144 valence electrons. The van der Waals surface area contributed by atoms with Gasteiger partial charge in [-0.2, -0.15) is 0 Å². The van der Waals surface area contributed by atoms with Crippen molar-refractivity contribution in [3.8, 4) is 16.9 Å². The Bertz CT molecular complexity index is 1060. The van der Waals surface area contributed by atoms with Crippen molar-refractivity contribution in [1.82, 2.24) is 14.9 Å². The lowest BCUT2D eigenvalue weighted by Gasteiger charge is -2.16. The van der Waals surface area contributed by atoms with Crippen LogP contribution in [0.15, 0.2) is 36.7 Å². The van der Waals surface area contributed by atoms with E-state index < -0.39 is 0 Å². The lowest BCUT2D eigenvalue weighted by molar-refractivity contribution is 0.104. The Morgan fingerprint density at radius 3 is 2.71 bits per heavy atom. The smallest absolute Gasteiger partial charge is 0.199 e. The molecule has 2 heterocycles. The third-order valence-electron chi connectivity index (χ3n) is 4.74. The van der Waals surface area contributed by atoms with E-state index in [2.05, 4.69) is 15.2 Å². The van der Waals surface area contributed by atoms with Crippen molar-refractivity contribution in [2.75, 3.05) is 32.5 Å². The van der Waals surface area contributed by atoms with E-state index in [0.717, 1.165) is 34.3 Å². The van der Waals surface area contributed by atoms with Gasteiger partial charge in [0.15, 0.2) is 5.78 Å². The average Bonchev–Trinajstić information content (AvgIpc) is 2.95. The summed E-state index contributed by atoms with van der Waals surface area (Å²) in [5.74, 6) is 1.36. The number of likely N-dealkylation sites (N-methyl/N-ethyl adjacent to an activating group) is 1. The Morgan fingerprint density at radius 1 is 1.14 bits per heavy atom. The van der Waals surface area contributed by atoms with Crippen molar-refractivity contribution >= 4 is 22.5 Å². The second-order valence-corrected chi connectivity index (χ2v) is 7.54. The fourth-order valence-corrected chi connectivity index (χ4v) is 3.54. The van der Waals surface area contributed by atoms with Crippen molar-refractivity contribution in [3.05, 3.63) is 47.8 Å². The summed E-state index contributed by atoms with van der Waals surface area (Å²) >= 11 is 0. The summed E-state index contributed by atoms with van der Waals surface area (Å²) in [7, 11) is 4.03. The molecule has 0 saturated carbocycles. The number of rotatable bonds is 6. The molecule has 1 aliphatic rings. The maximum absolute atomic E-state index is 13.1. The van der Waals surface area contributed by atoms with E-state index in [9.17, 15) is 4.79 Å². The summed E-state index contributed by atoms with van der Waals surface area (Å²) in [4.78, 5) is 24.1. The molecule has 0 radical (unpaired) electrons. The molecule has 0 unspecified atom stereocenters. The molecule has 1 aromatic carbocycles. The molecule has 4 rings (SSSR count). The van der Waals surface area contributed by atoms with Crippen molar-refractivity contribution < 1.29 is 9.53 Å². The minimum atomic E-state index is -0.0256. The topological polar surface area (TPSA) is 67.3 Å². The molecule has 3 aromatic rings. The fourth-order valence-electron chi connectivity index (χ4n) is 3.54. The van der Waals surface area contributed by atoms with Crippen LogP contribution in [0.4, 0.5) is 5.82 Å². The number of aromatic nitrogens is 2. The maximum Gasteiger partial charge on any atom is 0.199 e. The summed E-state index contributed by atoms with van der Waals surface area (Å²) in [6.45, 7) is 5.53. The number of nitrogens with one attached hydrogen (secondary N) is 1. The van der Waals surface area contributed by atoms with Crippen molar-refractivity contribution in [1.29, 1.82) is 0 Å². The van der Waals surface area contributed by atoms with Gasteiger partial charge in [0.05, 0.1) is 17.2 Å². The first-order chi connectivity index (χ1) is 13.5. The number of benzene rings is 1. The quantitative estimate of drug-likeness (QED) is 0.555. The minimum Gasteiger partial charge on any atom is -0.491 e. The number of carbonyl (C=O) groups excluding carboxylic acids is 1. The average molecular weight is 376 g/mol. The van der Waals surface area contributed by atoms with Crippen LogP contribution in [-0.4, -0.2) is 53.9 Å². The van der Waals surface area contributed by atoms with Crippen LogP contribution in [0.3, 0.4) is 0 Å². The first kappa shape index (κ1) is 18.4. The summed E-state index contributed by atoms with van der Waals surface area (Å²) in [5, 5.41) is 4.31. The molecule has 0 fully saturated rings. The number of ether oxygens (including phenoxy) is 1. The summed E-state index contributed by atoms with van der Waals surface area (Å²) in [5.41, 5.74) is 3.91. The van der Waals surface area contributed by atoms with Gasteiger partial charge in [-0.15, -0.1) is 0 Å². The van der Waals surface area contributed by atoms with Crippen LogP contribution in [0.5, 0.6) is 5.75 Å². The number of fused-ring (bicyclic) bond motifs is 5. The highest BCUT2D eigenvalue weighted by molar-refractivity contribution is 6.27. The monoisotopic (exact) mass is 376 g/mol. The highest BCUT2D eigenvalue weighted by Gasteiger charge is 2.32. The summed E-state index contributed by atoms with van der Waals surface area (Å²) < 4.78 is 5.84. The Labute approximate surface area is 164 Å². The van der Waals surface area contributed by atoms with Crippen molar-refractivity contribution in [2.45, 2.75) is 20.0 Å². The van der Waals surface area contributed by atoms with Crippen molar-refractivity contribution in [2.24, 2.45) is 0 Å². The molecular weight excluding hydrogens is 352 g/mol. The molecular formula is C22H24N4O2. The third-order valence-corrected chi connectivity index (χ3v) is 4.74. The number of hydrogen-bond acceptors (Lipinski definition) is 6. The van der Waals surface area contributed by atoms with Gasteiger partial charge in [0.2, 0.25) is 0 Å². The number of pyridine rings is 2. The van der Waals surface area contributed by atoms with Crippen LogP contribution in [0.2, 0.25) is 0 Å². The number of nitrogens with zero attached hydrogens (tertiary/aromatic N) is 3. The fraction of sp³-hybridized carbons (Fsp3) is 0.318. The van der Waals surface area contributed by atoms with Crippen LogP contribution < -0.4 is 10.1 Å². The van der Waals surface area contributed by atoms with E-state index in [4.69, 9.17) is 9.72 Å². The predicted molar refractivity (Wildman–Crippen MR) is 111 cm³/mol. The molecule has 6 nitrogen and oxygen atoms in total. The van der Waals surface area contributed by atoms with Gasteiger partial charge in [-0.25, -0.2) is 4.98 Å². The van der Waals surface area contributed by atoms with Crippen LogP contribution >= 0.6 is 0 Å². The molecule has 28 heavy (non-hydrogen) atoms. The normalized spacial score (nSPS) is 12.6. The van der Waals surface area contributed by atoms with Crippen molar-refractivity contribution in [3.63, 3.8) is 0 Å². The zero-order chi connectivity index (χ0) is 19.8. The number of anilines is 1. The van der Waals surface area contributed by atoms with Gasteiger partial charge >= 0.3 is 0 Å². The minimum absolute atomic E-state index is 0.0256. The number of hydrogen-bond donors (Lipinski definition) is 1. The molecule has 0 saturated heterocycles. The zero-order valence-corrected chi connectivity index (χ0v) is 16.6. The maximum atomic E-state index is 13.1. The first-order valence-corrected chi connectivity index (χ1v) is 9.48. The molecule has 0 aliphatic heterocycles. The molecule has 1 aliphatic carbocycles. The second kappa shape index (κ2) is 7.20. The summed E-state index contributed by atoms with van der Waals surface area (Å²) in [6.07, 6.45) is 3.45. The Kier molecular flexibility index (Phi) is 4.73. The lowest BCUT2D eigenvalue weighted by Crippen LogP contribution is -2.22. The molecule has 0 bridgehead atoms. The number of carbonyl (C=O) groups is 1. The number of ketones is 1. The van der Waals surface area contributed by atoms with Crippen LogP contribution in [-0.2, 0) is 0 Å². The van der Waals surface area contributed by atoms with Crippen LogP contribution in [0.1, 0.15) is 29.8 Å². The Morgan fingerprint density at radius 2 is 1.96 bits per heavy atom. The SMILES string of the molecule is CC(C)Oc1ccc2c3c(c(NCCN(C)C)nc2c1)C(=O)c1cnccc1-3. The molecule has 6 heteroatoms. The third kappa shape index (κ3) is 3.20. The predicted octanol–water partition coefficient (Wildman–Crippen LogP) is 3.60.